The predicted molar refractivity (Wildman–Crippen MR) is 73.8 cm³/mol. The van der Waals surface area contributed by atoms with Gasteiger partial charge in [0.05, 0.1) is 6.04 Å². The molecule has 0 aliphatic heterocycles. The lowest BCUT2D eigenvalue weighted by Crippen LogP contribution is -2.46. The number of carbonyl (C=O) groups excluding carboxylic acids is 1. The maximum absolute atomic E-state index is 11.1. The summed E-state index contributed by atoms with van der Waals surface area (Å²) in [5.41, 5.74) is 0.272. The Hall–Kier alpha value is -1.02. The molecule has 0 saturated carbocycles. The Bertz CT molecular complexity index is 302. The van der Waals surface area contributed by atoms with Crippen LogP contribution in [0.5, 0.6) is 0 Å². The Kier molecular flexibility index (Phi) is 9.32. The van der Waals surface area contributed by atoms with Crippen LogP contribution in [0.1, 0.15) is 27.7 Å². The minimum atomic E-state index is -2.81. The van der Waals surface area contributed by atoms with Crippen LogP contribution in [-0.4, -0.2) is 40.8 Å². The molecular weight excluding hydrogens is 266 g/mol. The second kappa shape index (κ2) is 9.85. The van der Waals surface area contributed by atoms with Crippen LogP contribution >= 0.6 is 0 Å². The SMILES string of the molecule is C=C(C)C(=O)O/N=[C]/C[Si](OCC)(OCC)OCC. The molecule has 1 radical (unpaired) electrons. The minimum Gasteiger partial charge on any atom is -0.374 e. The molecule has 0 aliphatic rings. The van der Waals surface area contributed by atoms with Crippen molar-refractivity contribution in [1.82, 2.24) is 0 Å². The van der Waals surface area contributed by atoms with E-state index in [0.29, 0.717) is 19.8 Å². The van der Waals surface area contributed by atoms with Crippen molar-refractivity contribution in [3.63, 3.8) is 0 Å². The zero-order valence-corrected chi connectivity index (χ0v) is 13.0. The monoisotopic (exact) mass is 288 g/mol. The fourth-order valence-electron chi connectivity index (χ4n) is 1.22. The Morgan fingerprint density at radius 2 is 1.63 bits per heavy atom. The smallest absolute Gasteiger partial charge is 0.374 e. The van der Waals surface area contributed by atoms with Crippen LogP contribution in [0, 0.1) is 0 Å². The van der Waals surface area contributed by atoms with E-state index in [1.165, 1.54) is 6.92 Å². The molecule has 0 rings (SSSR count). The Labute approximate surface area is 115 Å². The zero-order chi connectivity index (χ0) is 14.7. The number of carbonyl (C=O) groups is 1. The standard InChI is InChI=1S/C12H22NO5Si/c1-6-15-19(16-7-2,17-8-3)10-9-13-18-12(14)11(4)5/h4,6-8,10H2,1-3,5H3. The van der Waals surface area contributed by atoms with Gasteiger partial charge in [0.25, 0.3) is 0 Å². The molecule has 0 bridgehead atoms. The molecule has 0 fully saturated rings. The third kappa shape index (κ3) is 7.21. The van der Waals surface area contributed by atoms with E-state index < -0.39 is 14.8 Å². The molecule has 6 nitrogen and oxygen atoms in total. The van der Waals surface area contributed by atoms with E-state index in [9.17, 15) is 4.79 Å². The summed E-state index contributed by atoms with van der Waals surface area (Å²) in [7, 11) is -2.81. The van der Waals surface area contributed by atoms with Crippen LogP contribution in [0.2, 0.25) is 6.04 Å². The van der Waals surface area contributed by atoms with Crippen molar-refractivity contribution in [1.29, 1.82) is 0 Å². The molecule has 0 N–H and O–H groups in total. The number of hydrogen-bond donors (Lipinski definition) is 0. The van der Waals surface area contributed by atoms with Crippen molar-refractivity contribution >= 4 is 21.0 Å². The Morgan fingerprint density at radius 3 is 2.00 bits per heavy atom. The molecule has 0 aromatic heterocycles. The summed E-state index contributed by atoms with van der Waals surface area (Å²) in [6.45, 7) is 12.0. The molecule has 0 saturated heterocycles. The van der Waals surface area contributed by atoms with Gasteiger partial charge in [-0.2, -0.15) is 0 Å². The first-order chi connectivity index (χ1) is 9.01. The van der Waals surface area contributed by atoms with Crippen molar-refractivity contribution in [2.75, 3.05) is 19.8 Å². The fourth-order valence-corrected chi connectivity index (χ4v) is 3.35. The second-order valence-electron chi connectivity index (χ2n) is 3.57. The number of rotatable bonds is 10. The highest BCUT2D eigenvalue weighted by molar-refractivity contribution is 6.63. The Balaban J connectivity index is 4.50. The molecule has 19 heavy (non-hydrogen) atoms. The summed E-state index contributed by atoms with van der Waals surface area (Å²) >= 11 is 0. The maximum Gasteiger partial charge on any atom is 0.507 e. The van der Waals surface area contributed by atoms with Crippen LogP contribution in [-0.2, 0) is 22.9 Å². The molecule has 0 amide bonds. The van der Waals surface area contributed by atoms with Gasteiger partial charge in [-0.15, -0.1) is 0 Å². The highest BCUT2D eigenvalue weighted by atomic mass is 28.4. The molecule has 0 unspecified atom stereocenters. The van der Waals surface area contributed by atoms with Gasteiger partial charge in [0.1, 0.15) is 6.21 Å². The van der Waals surface area contributed by atoms with E-state index in [1.54, 1.807) is 0 Å². The van der Waals surface area contributed by atoms with Gasteiger partial charge in [0, 0.05) is 25.4 Å². The van der Waals surface area contributed by atoms with Crippen LogP contribution in [0.4, 0.5) is 0 Å². The summed E-state index contributed by atoms with van der Waals surface area (Å²) in [6.07, 6.45) is 2.59. The van der Waals surface area contributed by atoms with E-state index >= 15 is 0 Å². The number of hydrogen-bond acceptors (Lipinski definition) is 6. The quantitative estimate of drug-likeness (QED) is 0.202. The predicted octanol–water partition coefficient (Wildman–Crippen LogP) is 2.02. The molecule has 109 valence electrons. The summed E-state index contributed by atoms with van der Waals surface area (Å²) in [4.78, 5) is 15.7. The molecule has 0 spiro atoms. The fraction of sp³-hybridized carbons (Fsp3) is 0.667. The molecule has 0 heterocycles. The van der Waals surface area contributed by atoms with Crippen molar-refractivity contribution in [2.24, 2.45) is 5.16 Å². The van der Waals surface area contributed by atoms with E-state index in [4.69, 9.17) is 13.3 Å². The van der Waals surface area contributed by atoms with Gasteiger partial charge in [0.2, 0.25) is 0 Å². The number of nitrogens with zero attached hydrogens (tertiary/aromatic N) is 1. The third-order valence-electron chi connectivity index (χ3n) is 1.93. The molecular formula is C12H22NO5Si. The highest BCUT2D eigenvalue weighted by Crippen LogP contribution is 2.14. The second-order valence-corrected chi connectivity index (χ2v) is 6.15. The molecule has 0 aromatic carbocycles. The van der Waals surface area contributed by atoms with Crippen LogP contribution in [0.3, 0.4) is 0 Å². The first-order valence-electron chi connectivity index (χ1n) is 6.22. The molecule has 0 aliphatic carbocycles. The minimum absolute atomic E-state index is 0.228. The lowest BCUT2D eigenvalue weighted by Gasteiger charge is -2.26. The Morgan fingerprint density at radius 1 is 1.16 bits per heavy atom. The first kappa shape index (κ1) is 18.0. The van der Waals surface area contributed by atoms with Crippen LogP contribution < -0.4 is 0 Å². The molecule has 0 atom stereocenters. The third-order valence-corrected chi connectivity index (χ3v) is 4.71. The van der Waals surface area contributed by atoms with Gasteiger partial charge in [-0.3, -0.25) is 0 Å². The largest absolute Gasteiger partial charge is 0.507 e. The van der Waals surface area contributed by atoms with Gasteiger partial charge in [-0.1, -0.05) is 11.7 Å². The van der Waals surface area contributed by atoms with E-state index in [-0.39, 0.29) is 11.6 Å². The van der Waals surface area contributed by atoms with Crippen molar-refractivity contribution in [3.8, 4) is 0 Å². The lowest BCUT2D eigenvalue weighted by atomic mass is 10.4. The van der Waals surface area contributed by atoms with Gasteiger partial charge in [-0.25, -0.2) is 4.79 Å². The van der Waals surface area contributed by atoms with Gasteiger partial charge in [-0.05, 0) is 27.7 Å². The average Bonchev–Trinajstić information content (AvgIpc) is 2.35. The van der Waals surface area contributed by atoms with Crippen LogP contribution in [0.15, 0.2) is 17.3 Å². The summed E-state index contributed by atoms with van der Waals surface area (Å²) in [5, 5.41) is 3.46. The lowest BCUT2D eigenvalue weighted by molar-refractivity contribution is -0.138. The zero-order valence-electron chi connectivity index (χ0n) is 12.0. The molecule has 0 aromatic rings. The first-order valence-corrected chi connectivity index (χ1v) is 8.16. The summed E-state index contributed by atoms with van der Waals surface area (Å²) in [6, 6.07) is 0.228. The van der Waals surface area contributed by atoms with E-state index in [0.717, 1.165) is 0 Å². The maximum atomic E-state index is 11.1. The normalized spacial score (nSPS) is 11.8. The van der Waals surface area contributed by atoms with E-state index in [2.05, 4.69) is 22.8 Å². The topological polar surface area (TPSA) is 66.4 Å². The van der Waals surface area contributed by atoms with Gasteiger partial charge < -0.3 is 18.1 Å². The average molecular weight is 288 g/mol. The van der Waals surface area contributed by atoms with Crippen LogP contribution in [0.25, 0.3) is 0 Å². The van der Waals surface area contributed by atoms with E-state index in [1.807, 2.05) is 20.8 Å². The summed E-state index contributed by atoms with van der Waals surface area (Å²) in [5.74, 6) is -0.594. The molecule has 7 heteroatoms. The van der Waals surface area contributed by atoms with Crippen molar-refractivity contribution in [3.05, 3.63) is 12.2 Å². The highest BCUT2D eigenvalue weighted by Gasteiger charge is 2.39. The van der Waals surface area contributed by atoms with Gasteiger partial charge in [0.15, 0.2) is 0 Å². The van der Waals surface area contributed by atoms with Gasteiger partial charge >= 0.3 is 14.8 Å². The van der Waals surface area contributed by atoms with Crippen molar-refractivity contribution < 1.29 is 22.9 Å². The van der Waals surface area contributed by atoms with Crippen molar-refractivity contribution in [2.45, 2.75) is 33.7 Å². The summed E-state index contributed by atoms with van der Waals surface area (Å²) < 4.78 is 16.7.